The van der Waals surface area contributed by atoms with Crippen molar-refractivity contribution in [2.45, 2.75) is 24.4 Å². The number of benzene rings is 1. The maximum Gasteiger partial charge on any atom is 0.315 e. The molecule has 0 radical (unpaired) electrons. The molecule has 0 unspecified atom stereocenters. The molecule has 0 spiro atoms. The topological polar surface area (TPSA) is 93.1 Å². The molecule has 1 atom stereocenters. The van der Waals surface area contributed by atoms with Crippen LogP contribution >= 0.6 is 0 Å². The predicted octanol–water partition coefficient (Wildman–Crippen LogP) is 1.02. The summed E-state index contributed by atoms with van der Waals surface area (Å²) in [7, 11) is -3.32. The highest BCUT2D eigenvalue weighted by Gasteiger charge is 2.35. The molecule has 8 heteroatoms. The molecule has 0 fully saturated rings. The zero-order valence-electron chi connectivity index (χ0n) is 12.7. The molecule has 7 nitrogen and oxygen atoms in total. The summed E-state index contributed by atoms with van der Waals surface area (Å²) in [4.78, 5) is 12.3. The molecule has 0 saturated carbocycles. The first-order chi connectivity index (χ1) is 11.0. The standard InChI is InChI=1S/C15H18N4O3S/c1-11-8-17-19(9-11)7-6-16-15(20)18-13-10-23(21,22)14-5-3-2-4-12(13)14/h2-5,8-9,13H,6-7,10H2,1H3,(H2,16,18,20)/t13-/m1/s1. The van der Waals surface area contributed by atoms with Gasteiger partial charge in [-0.1, -0.05) is 18.2 Å². The number of carbonyl (C=O) groups is 1. The first-order valence-electron chi connectivity index (χ1n) is 7.31. The number of aryl methyl sites for hydroxylation is 1. The Labute approximate surface area is 134 Å². The second-order valence-corrected chi connectivity index (χ2v) is 7.56. The maximum atomic E-state index is 12.1. The summed E-state index contributed by atoms with van der Waals surface area (Å²) in [5.74, 6) is -0.0991. The summed E-state index contributed by atoms with van der Waals surface area (Å²) in [6.07, 6.45) is 3.64. The second-order valence-electron chi connectivity index (χ2n) is 5.55. The number of carbonyl (C=O) groups excluding carboxylic acids is 1. The predicted molar refractivity (Wildman–Crippen MR) is 84.7 cm³/mol. The number of sulfone groups is 1. The molecule has 1 aromatic heterocycles. The van der Waals surface area contributed by atoms with Gasteiger partial charge in [-0.05, 0) is 24.1 Å². The van der Waals surface area contributed by atoms with Gasteiger partial charge in [-0.15, -0.1) is 0 Å². The smallest absolute Gasteiger partial charge is 0.315 e. The molecule has 0 aliphatic carbocycles. The van der Waals surface area contributed by atoms with Crippen molar-refractivity contribution < 1.29 is 13.2 Å². The minimum atomic E-state index is -3.32. The van der Waals surface area contributed by atoms with Gasteiger partial charge in [0.2, 0.25) is 0 Å². The third kappa shape index (κ3) is 3.37. The van der Waals surface area contributed by atoms with Gasteiger partial charge in [0.15, 0.2) is 9.84 Å². The first kappa shape index (κ1) is 15.5. The van der Waals surface area contributed by atoms with Crippen LogP contribution < -0.4 is 10.6 Å². The Bertz CT molecular complexity index is 829. The highest BCUT2D eigenvalue weighted by Crippen LogP contribution is 2.32. The lowest BCUT2D eigenvalue weighted by Crippen LogP contribution is -2.39. The van der Waals surface area contributed by atoms with Crippen LogP contribution in [0.3, 0.4) is 0 Å². The van der Waals surface area contributed by atoms with Crippen LogP contribution in [0.15, 0.2) is 41.6 Å². The number of urea groups is 1. The highest BCUT2D eigenvalue weighted by molar-refractivity contribution is 7.91. The van der Waals surface area contributed by atoms with Crippen molar-refractivity contribution in [3.8, 4) is 0 Å². The lowest BCUT2D eigenvalue weighted by atomic mass is 10.1. The van der Waals surface area contributed by atoms with E-state index in [9.17, 15) is 13.2 Å². The molecule has 122 valence electrons. The van der Waals surface area contributed by atoms with E-state index in [0.717, 1.165) is 5.56 Å². The van der Waals surface area contributed by atoms with E-state index < -0.39 is 15.9 Å². The van der Waals surface area contributed by atoms with E-state index in [2.05, 4.69) is 15.7 Å². The lowest BCUT2D eigenvalue weighted by molar-refractivity contribution is 0.237. The third-order valence-electron chi connectivity index (χ3n) is 3.71. The zero-order chi connectivity index (χ0) is 16.4. The number of hydrogen-bond donors (Lipinski definition) is 2. The van der Waals surface area contributed by atoms with Gasteiger partial charge in [0, 0.05) is 12.7 Å². The molecule has 2 heterocycles. The van der Waals surface area contributed by atoms with Gasteiger partial charge in [-0.3, -0.25) is 4.68 Å². The van der Waals surface area contributed by atoms with Crippen molar-refractivity contribution >= 4 is 15.9 Å². The van der Waals surface area contributed by atoms with Gasteiger partial charge >= 0.3 is 6.03 Å². The first-order valence-corrected chi connectivity index (χ1v) is 8.96. The monoisotopic (exact) mass is 334 g/mol. The molecular weight excluding hydrogens is 316 g/mol. The average Bonchev–Trinajstić information content (AvgIpc) is 3.02. The van der Waals surface area contributed by atoms with Crippen LogP contribution in [-0.2, 0) is 16.4 Å². The van der Waals surface area contributed by atoms with Gasteiger partial charge < -0.3 is 10.6 Å². The van der Waals surface area contributed by atoms with Crippen molar-refractivity contribution in [2.24, 2.45) is 0 Å². The summed E-state index contributed by atoms with van der Waals surface area (Å²) in [5, 5.41) is 9.57. The van der Waals surface area contributed by atoms with Crippen LogP contribution in [-0.4, -0.2) is 36.5 Å². The van der Waals surface area contributed by atoms with Crippen molar-refractivity contribution in [3.05, 3.63) is 47.8 Å². The normalized spacial score (nSPS) is 18.4. The van der Waals surface area contributed by atoms with Crippen LogP contribution in [0, 0.1) is 6.92 Å². The summed E-state index contributed by atoms with van der Waals surface area (Å²) < 4.78 is 25.9. The van der Waals surface area contributed by atoms with Crippen molar-refractivity contribution in [2.75, 3.05) is 12.3 Å². The van der Waals surface area contributed by atoms with Crippen molar-refractivity contribution in [1.82, 2.24) is 20.4 Å². The van der Waals surface area contributed by atoms with Crippen LogP contribution in [0.2, 0.25) is 0 Å². The van der Waals surface area contributed by atoms with E-state index in [-0.39, 0.29) is 11.8 Å². The third-order valence-corrected chi connectivity index (χ3v) is 5.52. The number of amides is 2. The fraction of sp³-hybridized carbons (Fsp3) is 0.333. The zero-order valence-corrected chi connectivity index (χ0v) is 13.5. The van der Waals surface area contributed by atoms with Crippen LogP contribution in [0.5, 0.6) is 0 Å². The molecule has 23 heavy (non-hydrogen) atoms. The number of rotatable bonds is 4. The van der Waals surface area contributed by atoms with Gasteiger partial charge in [-0.2, -0.15) is 5.10 Å². The Morgan fingerprint density at radius 3 is 2.91 bits per heavy atom. The molecule has 0 saturated heterocycles. The molecule has 0 bridgehead atoms. The minimum absolute atomic E-state index is 0.0991. The molecule has 2 N–H and O–H groups in total. The van der Waals surface area contributed by atoms with Gasteiger partial charge in [0.05, 0.1) is 29.4 Å². The fourth-order valence-electron chi connectivity index (χ4n) is 2.65. The lowest BCUT2D eigenvalue weighted by Gasteiger charge is -2.13. The Balaban J connectivity index is 1.57. The fourth-order valence-corrected chi connectivity index (χ4v) is 4.39. The summed E-state index contributed by atoms with van der Waals surface area (Å²) in [5.41, 5.74) is 1.70. The van der Waals surface area contributed by atoms with E-state index in [1.807, 2.05) is 13.1 Å². The molecule has 3 rings (SSSR count). The summed E-state index contributed by atoms with van der Waals surface area (Å²) >= 11 is 0. The Kier molecular flexibility index (Phi) is 4.08. The second kappa shape index (κ2) is 6.04. The summed E-state index contributed by atoms with van der Waals surface area (Å²) in [6.45, 7) is 2.91. The number of aromatic nitrogens is 2. The Hall–Kier alpha value is -2.35. The van der Waals surface area contributed by atoms with E-state index in [4.69, 9.17) is 0 Å². The number of nitrogens with one attached hydrogen (secondary N) is 2. The van der Waals surface area contributed by atoms with E-state index >= 15 is 0 Å². The SMILES string of the molecule is Cc1cnn(CCNC(=O)N[C@@H]2CS(=O)(=O)c3ccccc32)c1. The number of fused-ring (bicyclic) bond motifs is 1. The minimum Gasteiger partial charge on any atom is -0.336 e. The highest BCUT2D eigenvalue weighted by atomic mass is 32.2. The average molecular weight is 334 g/mol. The van der Waals surface area contributed by atoms with Crippen LogP contribution in [0.1, 0.15) is 17.2 Å². The number of nitrogens with zero attached hydrogens (tertiary/aromatic N) is 2. The van der Waals surface area contributed by atoms with Gasteiger partial charge in [0.25, 0.3) is 0 Å². The number of hydrogen-bond acceptors (Lipinski definition) is 4. The largest absolute Gasteiger partial charge is 0.336 e. The van der Waals surface area contributed by atoms with E-state index in [1.54, 1.807) is 35.1 Å². The van der Waals surface area contributed by atoms with Crippen LogP contribution in [0.25, 0.3) is 0 Å². The van der Waals surface area contributed by atoms with Crippen LogP contribution in [0.4, 0.5) is 4.79 Å². The molecule has 2 amide bonds. The quantitative estimate of drug-likeness (QED) is 0.873. The Morgan fingerprint density at radius 1 is 1.39 bits per heavy atom. The summed E-state index contributed by atoms with van der Waals surface area (Å²) in [6, 6.07) is 5.87. The molecule has 1 aliphatic rings. The molecule has 1 aliphatic heterocycles. The van der Waals surface area contributed by atoms with Gasteiger partial charge in [0.1, 0.15) is 0 Å². The maximum absolute atomic E-state index is 12.1. The van der Waals surface area contributed by atoms with Crippen molar-refractivity contribution in [1.29, 1.82) is 0 Å². The molecule has 1 aromatic carbocycles. The van der Waals surface area contributed by atoms with E-state index in [1.165, 1.54) is 0 Å². The molecular formula is C15H18N4O3S. The van der Waals surface area contributed by atoms with Gasteiger partial charge in [-0.25, -0.2) is 13.2 Å². The molecule has 2 aromatic rings. The van der Waals surface area contributed by atoms with E-state index in [0.29, 0.717) is 23.5 Å². The Morgan fingerprint density at radius 2 is 2.17 bits per heavy atom. The van der Waals surface area contributed by atoms with Crippen molar-refractivity contribution in [3.63, 3.8) is 0 Å².